The molecule has 0 radical (unpaired) electrons. The molecule has 0 saturated carbocycles. The Bertz CT molecular complexity index is 518. The second kappa shape index (κ2) is 3.10. The zero-order valence-corrected chi connectivity index (χ0v) is 8.26. The summed E-state index contributed by atoms with van der Waals surface area (Å²) in [5.74, 6) is 0. The Morgan fingerprint density at radius 2 is 2.07 bits per heavy atom. The van der Waals surface area contributed by atoms with Gasteiger partial charge in [-0.3, -0.25) is 4.68 Å². The van der Waals surface area contributed by atoms with Crippen LogP contribution in [0.1, 0.15) is 5.69 Å². The van der Waals surface area contributed by atoms with E-state index < -0.39 is 11.9 Å². The third-order valence-corrected chi connectivity index (χ3v) is 2.16. The van der Waals surface area contributed by atoms with Crippen molar-refractivity contribution in [3.63, 3.8) is 0 Å². The van der Waals surface area contributed by atoms with E-state index in [9.17, 15) is 13.2 Å². The van der Waals surface area contributed by atoms with E-state index in [2.05, 4.69) is 10.1 Å². The molecule has 3 nitrogen and oxygen atoms in total. The predicted molar refractivity (Wildman–Crippen MR) is 48.5 cm³/mol. The average Bonchev–Trinajstić information content (AvgIpc) is 2.44. The van der Waals surface area contributed by atoms with Gasteiger partial charge < -0.3 is 0 Å². The Morgan fingerprint density at radius 3 is 2.67 bits per heavy atom. The van der Waals surface area contributed by atoms with Crippen molar-refractivity contribution in [3.05, 3.63) is 23.0 Å². The van der Waals surface area contributed by atoms with Crippen LogP contribution in [0.3, 0.4) is 0 Å². The molecule has 7 heteroatoms. The van der Waals surface area contributed by atoms with Crippen molar-refractivity contribution in [1.82, 2.24) is 14.8 Å². The van der Waals surface area contributed by atoms with Gasteiger partial charge in [0.25, 0.3) is 0 Å². The number of hydrogen-bond acceptors (Lipinski definition) is 2. The second-order valence-electron chi connectivity index (χ2n) is 3.03. The summed E-state index contributed by atoms with van der Waals surface area (Å²) in [5.41, 5.74) is -1.03. The highest BCUT2D eigenvalue weighted by molar-refractivity contribution is 6.35. The van der Waals surface area contributed by atoms with Gasteiger partial charge in [0.1, 0.15) is 5.69 Å². The molecule has 0 spiro atoms. The van der Waals surface area contributed by atoms with Crippen LogP contribution in [-0.4, -0.2) is 14.8 Å². The average molecular weight is 236 g/mol. The number of pyridine rings is 1. The zero-order valence-electron chi connectivity index (χ0n) is 7.51. The van der Waals surface area contributed by atoms with Crippen molar-refractivity contribution in [1.29, 1.82) is 0 Å². The molecule has 0 saturated heterocycles. The summed E-state index contributed by atoms with van der Waals surface area (Å²) in [6.45, 7) is 0. The van der Waals surface area contributed by atoms with Crippen LogP contribution in [0, 0.1) is 0 Å². The van der Waals surface area contributed by atoms with Crippen molar-refractivity contribution >= 4 is 22.6 Å². The van der Waals surface area contributed by atoms with Gasteiger partial charge in [0.05, 0.1) is 10.4 Å². The molecule has 0 aliphatic carbocycles. The Hall–Kier alpha value is -1.30. The molecular weight excluding hydrogens is 231 g/mol. The first-order valence-electron chi connectivity index (χ1n) is 3.95. The fraction of sp³-hybridized carbons (Fsp3) is 0.250. The van der Waals surface area contributed by atoms with Crippen LogP contribution in [-0.2, 0) is 13.2 Å². The van der Waals surface area contributed by atoms with Gasteiger partial charge in [-0.05, 0) is 6.07 Å². The molecule has 0 aromatic carbocycles. The van der Waals surface area contributed by atoms with E-state index in [-0.39, 0.29) is 10.7 Å². The summed E-state index contributed by atoms with van der Waals surface area (Å²) in [5, 5.41) is 4.18. The molecular formula is C8H5ClF3N3. The summed E-state index contributed by atoms with van der Waals surface area (Å²) >= 11 is 5.69. The van der Waals surface area contributed by atoms with Gasteiger partial charge in [-0.2, -0.15) is 18.3 Å². The summed E-state index contributed by atoms with van der Waals surface area (Å²) < 4.78 is 38.4. The van der Waals surface area contributed by atoms with E-state index in [1.54, 1.807) is 7.05 Å². The lowest BCUT2D eigenvalue weighted by Crippen LogP contribution is -2.07. The minimum Gasteiger partial charge on any atom is -0.273 e. The van der Waals surface area contributed by atoms with Gasteiger partial charge in [0, 0.05) is 13.2 Å². The minimum atomic E-state index is -4.50. The fourth-order valence-corrected chi connectivity index (χ4v) is 1.45. The lowest BCUT2D eigenvalue weighted by molar-refractivity contribution is -0.141. The highest BCUT2D eigenvalue weighted by Crippen LogP contribution is 2.32. The third-order valence-electron chi connectivity index (χ3n) is 1.85. The summed E-state index contributed by atoms with van der Waals surface area (Å²) in [4.78, 5) is 3.39. The molecule has 0 bridgehead atoms. The van der Waals surface area contributed by atoms with Crippen LogP contribution >= 0.6 is 11.6 Å². The van der Waals surface area contributed by atoms with Crippen molar-refractivity contribution in [3.8, 4) is 0 Å². The van der Waals surface area contributed by atoms with E-state index in [4.69, 9.17) is 11.6 Å². The van der Waals surface area contributed by atoms with Crippen LogP contribution in [0.4, 0.5) is 13.2 Å². The van der Waals surface area contributed by atoms with Crippen molar-refractivity contribution in [2.24, 2.45) is 7.05 Å². The smallest absolute Gasteiger partial charge is 0.273 e. The molecule has 0 amide bonds. The van der Waals surface area contributed by atoms with Crippen molar-refractivity contribution in [2.45, 2.75) is 6.18 Å². The minimum absolute atomic E-state index is 0.000394. The fourth-order valence-electron chi connectivity index (χ4n) is 1.22. The quantitative estimate of drug-likeness (QED) is 0.703. The molecule has 0 aliphatic rings. The molecule has 2 aromatic heterocycles. The van der Waals surface area contributed by atoms with E-state index in [1.807, 2.05) is 0 Å². The van der Waals surface area contributed by atoms with Crippen LogP contribution in [0.2, 0.25) is 5.02 Å². The number of aryl methyl sites for hydroxylation is 1. The lowest BCUT2D eigenvalue weighted by atomic mass is 10.3. The molecule has 0 N–H and O–H groups in total. The number of nitrogens with zero attached hydrogens (tertiary/aromatic N) is 3. The molecule has 0 atom stereocenters. The Kier molecular flexibility index (Phi) is 2.11. The second-order valence-corrected chi connectivity index (χ2v) is 3.43. The highest BCUT2D eigenvalue weighted by atomic mass is 35.5. The van der Waals surface area contributed by atoms with E-state index >= 15 is 0 Å². The molecule has 0 fully saturated rings. The molecule has 80 valence electrons. The van der Waals surface area contributed by atoms with Gasteiger partial charge in [-0.15, -0.1) is 0 Å². The van der Waals surface area contributed by atoms with Crippen LogP contribution in [0.25, 0.3) is 11.0 Å². The third kappa shape index (κ3) is 1.77. The largest absolute Gasteiger partial charge is 0.433 e. The number of fused-ring (bicyclic) bond motifs is 1. The number of hydrogen-bond donors (Lipinski definition) is 0. The Labute approximate surface area is 87.5 Å². The van der Waals surface area contributed by atoms with Crippen molar-refractivity contribution in [2.75, 3.05) is 0 Å². The van der Waals surface area contributed by atoms with Gasteiger partial charge >= 0.3 is 6.18 Å². The molecule has 0 aliphatic heterocycles. The van der Waals surface area contributed by atoms with Crippen LogP contribution in [0.15, 0.2) is 12.3 Å². The van der Waals surface area contributed by atoms with Gasteiger partial charge in [-0.1, -0.05) is 11.6 Å². The van der Waals surface area contributed by atoms with E-state index in [0.717, 1.165) is 6.07 Å². The Morgan fingerprint density at radius 1 is 1.40 bits per heavy atom. The van der Waals surface area contributed by atoms with Crippen molar-refractivity contribution < 1.29 is 13.2 Å². The predicted octanol–water partition coefficient (Wildman–Crippen LogP) is 2.64. The first-order chi connectivity index (χ1) is 6.88. The standard InChI is InChI=1S/C8H5ClF3N3/c1-15-3-4-5(9)2-6(8(10,11)12)13-7(4)14-15/h2-3H,1H3. The van der Waals surface area contributed by atoms with Crippen LogP contribution < -0.4 is 0 Å². The first-order valence-corrected chi connectivity index (χ1v) is 4.33. The number of halogens is 4. The molecule has 2 rings (SSSR count). The monoisotopic (exact) mass is 235 g/mol. The molecule has 15 heavy (non-hydrogen) atoms. The van der Waals surface area contributed by atoms with Gasteiger partial charge in [0.2, 0.25) is 0 Å². The van der Waals surface area contributed by atoms with E-state index in [0.29, 0.717) is 5.39 Å². The summed E-state index contributed by atoms with van der Waals surface area (Å²) in [6.07, 6.45) is -2.99. The maximum atomic E-state index is 12.3. The molecule has 2 aromatic rings. The highest BCUT2D eigenvalue weighted by Gasteiger charge is 2.33. The first kappa shape index (κ1) is 10.2. The lowest BCUT2D eigenvalue weighted by Gasteiger charge is -2.05. The maximum Gasteiger partial charge on any atom is 0.433 e. The normalized spacial score (nSPS) is 12.3. The molecule has 2 heterocycles. The summed E-state index contributed by atoms with van der Waals surface area (Å²) in [7, 11) is 1.59. The number of rotatable bonds is 0. The summed E-state index contributed by atoms with van der Waals surface area (Å²) in [6, 6.07) is 0.797. The van der Waals surface area contributed by atoms with E-state index in [1.165, 1.54) is 10.9 Å². The van der Waals surface area contributed by atoms with Gasteiger partial charge in [0.15, 0.2) is 5.65 Å². The number of aromatic nitrogens is 3. The Balaban J connectivity index is 2.72. The maximum absolute atomic E-state index is 12.3. The zero-order chi connectivity index (χ0) is 11.2. The van der Waals surface area contributed by atoms with Crippen LogP contribution in [0.5, 0.6) is 0 Å². The number of alkyl halides is 3. The SMILES string of the molecule is Cn1cc2c(Cl)cc(C(F)(F)F)nc2n1. The topological polar surface area (TPSA) is 30.7 Å². The van der Waals surface area contributed by atoms with Gasteiger partial charge in [-0.25, -0.2) is 4.98 Å². The molecule has 0 unspecified atom stereocenters.